The second-order valence-corrected chi connectivity index (χ2v) is 9.46. The Morgan fingerprint density at radius 2 is 1.94 bits per heavy atom. The fourth-order valence-corrected chi connectivity index (χ4v) is 4.86. The smallest absolute Gasteiger partial charge is 0.226 e. The summed E-state index contributed by atoms with van der Waals surface area (Å²) in [5.74, 6) is 1.08. The first-order valence-corrected chi connectivity index (χ1v) is 12.5. The van der Waals surface area contributed by atoms with Gasteiger partial charge < -0.3 is 10.1 Å². The molecule has 4 aromatic rings. The van der Waals surface area contributed by atoms with Crippen LogP contribution in [0.1, 0.15) is 12.0 Å². The number of ether oxygens (including phenoxy) is 1. The van der Waals surface area contributed by atoms with Gasteiger partial charge in [0.2, 0.25) is 5.91 Å². The van der Waals surface area contributed by atoms with Crippen molar-refractivity contribution in [2.45, 2.75) is 11.4 Å². The summed E-state index contributed by atoms with van der Waals surface area (Å²) in [5.41, 5.74) is 3.82. The number of amides is 1. The number of benzene rings is 2. The standard InChI is InChI=1S/C25H19ClN4O2S2/c1-32-20-4-2-3-17(13-20)22-15-34-25(29-22)30-23(31)11-12-33-24-18(14-27)7-10-21(28-24)16-5-8-19(26)9-6-16/h2-10,13,15H,11-12H2,1H3,(H,29,30,31). The summed E-state index contributed by atoms with van der Waals surface area (Å²) >= 11 is 8.71. The number of aromatic nitrogens is 2. The van der Waals surface area contributed by atoms with Crippen LogP contribution >= 0.6 is 34.7 Å². The molecule has 6 nitrogen and oxygen atoms in total. The van der Waals surface area contributed by atoms with Crippen molar-refractivity contribution in [2.24, 2.45) is 0 Å². The second-order valence-electron chi connectivity index (χ2n) is 7.08. The number of hydrogen-bond donors (Lipinski definition) is 1. The minimum absolute atomic E-state index is 0.147. The lowest BCUT2D eigenvalue weighted by molar-refractivity contribution is -0.115. The van der Waals surface area contributed by atoms with Gasteiger partial charge in [0.25, 0.3) is 0 Å². The first-order valence-electron chi connectivity index (χ1n) is 10.3. The number of nitrogens with zero attached hydrogens (tertiary/aromatic N) is 3. The van der Waals surface area contributed by atoms with Crippen molar-refractivity contribution in [1.29, 1.82) is 5.26 Å². The van der Waals surface area contributed by atoms with Crippen LogP contribution in [0.3, 0.4) is 0 Å². The minimum atomic E-state index is -0.147. The Hall–Kier alpha value is -3.38. The molecule has 0 spiro atoms. The van der Waals surface area contributed by atoms with Crippen molar-refractivity contribution >= 4 is 45.7 Å². The van der Waals surface area contributed by atoms with Gasteiger partial charge in [-0.25, -0.2) is 9.97 Å². The molecule has 2 aromatic heterocycles. The van der Waals surface area contributed by atoms with E-state index in [0.717, 1.165) is 28.3 Å². The molecule has 1 amide bonds. The number of pyridine rings is 1. The zero-order valence-electron chi connectivity index (χ0n) is 18.1. The van der Waals surface area contributed by atoms with E-state index in [2.05, 4.69) is 21.4 Å². The minimum Gasteiger partial charge on any atom is -0.497 e. The highest BCUT2D eigenvalue weighted by atomic mass is 35.5. The fourth-order valence-electron chi connectivity index (χ4n) is 3.09. The summed E-state index contributed by atoms with van der Waals surface area (Å²) in [6.45, 7) is 0. The summed E-state index contributed by atoms with van der Waals surface area (Å²) in [6, 6.07) is 20.7. The van der Waals surface area contributed by atoms with E-state index in [1.165, 1.54) is 23.1 Å². The monoisotopic (exact) mass is 506 g/mol. The zero-order valence-corrected chi connectivity index (χ0v) is 20.5. The van der Waals surface area contributed by atoms with E-state index < -0.39 is 0 Å². The highest BCUT2D eigenvalue weighted by Gasteiger charge is 2.12. The maximum atomic E-state index is 12.4. The van der Waals surface area contributed by atoms with Crippen LogP contribution in [-0.4, -0.2) is 28.7 Å². The lowest BCUT2D eigenvalue weighted by atomic mass is 10.1. The number of carbonyl (C=O) groups excluding carboxylic acids is 1. The van der Waals surface area contributed by atoms with Crippen LogP contribution in [0.4, 0.5) is 5.13 Å². The number of carbonyl (C=O) groups is 1. The van der Waals surface area contributed by atoms with Crippen LogP contribution in [0.15, 0.2) is 71.1 Å². The van der Waals surface area contributed by atoms with E-state index in [9.17, 15) is 10.1 Å². The average Bonchev–Trinajstić information content (AvgIpc) is 3.33. The van der Waals surface area contributed by atoms with Crippen LogP contribution < -0.4 is 10.1 Å². The number of anilines is 1. The third-order valence-corrected chi connectivity index (χ3v) is 6.81. The van der Waals surface area contributed by atoms with Crippen molar-refractivity contribution in [3.8, 4) is 34.3 Å². The van der Waals surface area contributed by atoms with E-state index in [1.807, 2.05) is 41.8 Å². The van der Waals surface area contributed by atoms with Gasteiger partial charge in [0, 0.05) is 33.7 Å². The van der Waals surface area contributed by atoms with Crippen molar-refractivity contribution in [2.75, 3.05) is 18.2 Å². The Bertz CT molecular complexity index is 1350. The summed E-state index contributed by atoms with van der Waals surface area (Å²) in [5, 5.41) is 15.9. The molecule has 1 N–H and O–H groups in total. The summed E-state index contributed by atoms with van der Waals surface area (Å²) in [7, 11) is 1.62. The SMILES string of the molecule is COc1cccc(-c2csc(NC(=O)CCSc3nc(-c4ccc(Cl)cc4)ccc3C#N)n2)c1. The van der Waals surface area contributed by atoms with Gasteiger partial charge in [0.15, 0.2) is 5.13 Å². The molecule has 2 heterocycles. The molecule has 0 radical (unpaired) electrons. The van der Waals surface area contributed by atoms with Gasteiger partial charge in [0.05, 0.1) is 24.1 Å². The van der Waals surface area contributed by atoms with E-state index in [4.69, 9.17) is 16.3 Å². The van der Waals surface area contributed by atoms with Gasteiger partial charge in [-0.2, -0.15) is 5.26 Å². The summed E-state index contributed by atoms with van der Waals surface area (Å²) in [6.07, 6.45) is 0.260. The Morgan fingerprint density at radius 1 is 1.12 bits per heavy atom. The summed E-state index contributed by atoms with van der Waals surface area (Å²) < 4.78 is 5.26. The molecule has 170 valence electrons. The van der Waals surface area contributed by atoms with Crippen LogP contribution in [-0.2, 0) is 4.79 Å². The Labute approximate surface area is 210 Å². The lowest BCUT2D eigenvalue weighted by Gasteiger charge is -2.07. The van der Waals surface area contributed by atoms with E-state index in [1.54, 1.807) is 31.4 Å². The second kappa shape index (κ2) is 11.2. The molecular formula is C25H19ClN4O2S2. The molecule has 0 aliphatic carbocycles. The largest absolute Gasteiger partial charge is 0.497 e. The van der Waals surface area contributed by atoms with E-state index >= 15 is 0 Å². The predicted octanol–water partition coefficient (Wildman–Crippen LogP) is 6.53. The third kappa shape index (κ3) is 5.94. The number of nitrogens with one attached hydrogen (secondary N) is 1. The molecule has 0 saturated carbocycles. The van der Waals surface area contributed by atoms with Crippen molar-refractivity contribution < 1.29 is 9.53 Å². The number of thiazole rings is 1. The molecular weight excluding hydrogens is 488 g/mol. The molecule has 0 aliphatic rings. The van der Waals surface area contributed by atoms with Crippen molar-refractivity contribution in [3.63, 3.8) is 0 Å². The zero-order chi connectivity index (χ0) is 23.9. The van der Waals surface area contributed by atoms with Crippen LogP contribution in [0.25, 0.3) is 22.5 Å². The number of rotatable bonds is 8. The topological polar surface area (TPSA) is 87.9 Å². The van der Waals surface area contributed by atoms with E-state index in [-0.39, 0.29) is 12.3 Å². The highest BCUT2D eigenvalue weighted by molar-refractivity contribution is 7.99. The molecule has 0 bridgehead atoms. The average molecular weight is 507 g/mol. The molecule has 9 heteroatoms. The molecule has 0 aliphatic heterocycles. The number of methoxy groups -OCH3 is 1. The number of hydrogen-bond acceptors (Lipinski definition) is 7. The van der Waals surface area contributed by atoms with Gasteiger partial charge in [-0.1, -0.05) is 35.9 Å². The van der Waals surface area contributed by atoms with Gasteiger partial charge >= 0.3 is 0 Å². The van der Waals surface area contributed by atoms with Crippen LogP contribution in [0.2, 0.25) is 5.02 Å². The van der Waals surface area contributed by atoms with Crippen LogP contribution in [0, 0.1) is 11.3 Å². The molecule has 0 unspecified atom stereocenters. The Balaban J connectivity index is 1.36. The number of halogens is 1. The predicted molar refractivity (Wildman–Crippen MR) is 137 cm³/mol. The number of nitriles is 1. The molecule has 2 aromatic carbocycles. The first kappa shape index (κ1) is 23.8. The Morgan fingerprint density at radius 3 is 2.71 bits per heavy atom. The summed E-state index contributed by atoms with van der Waals surface area (Å²) in [4.78, 5) is 21.6. The Kier molecular flexibility index (Phi) is 7.80. The fraction of sp³-hybridized carbons (Fsp3) is 0.120. The third-order valence-electron chi connectivity index (χ3n) is 4.80. The molecule has 34 heavy (non-hydrogen) atoms. The lowest BCUT2D eigenvalue weighted by Crippen LogP contribution is -2.12. The first-order chi connectivity index (χ1) is 16.6. The molecule has 0 fully saturated rings. The van der Waals surface area contributed by atoms with Gasteiger partial charge in [-0.15, -0.1) is 23.1 Å². The van der Waals surface area contributed by atoms with Crippen molar-refractivity contribution in [1.82, 2.24) is 9.97 Å². The van der Waals surface area contributed by atoms with Gasteiger partial charge in [-0.3, -0.25) is 4.79 Å². The molecule has 0 atom stereocenters. The van der Waals surface area contributed by atoms with Gasteiger partial charge in [0.1, 0.15) is 16.8 Å². The van der Waals surface area contributed by atoms with Gasteiger partial charge in [-0.05, 0) is 36.4 Å². The quantitative estimate of drug-likeness (QED) is 0.273. The molecule has 0 saturated heterocycles. The highest BCUT2D eigenvalue weighted by Crippen LogP contribution is 2.29. The maximum absolute atomic E-state index is 12.4. The van der Waals surface area contributed by atoms with E-state index in [0.29, 0.717) is 26.5 Å². The number of thioether (sulfide) groups is 1. The maximum Gasteiger partial charge on any atom is 0.226 e. The normalized spacial score (nSPS) is 10.5. The van der Waals surface area contributed by atoms with Crippen LogP contribution in [0.5, 0.6) is 5.75 Å². The van der Waals surface area contributed by atoms with Crippen molar-refractivity contribution in [3.05, 3.63) is 76.6 Å². The molecule has 4 rings (SSSR count).